The molecule has 0 aliphatic carbocycles. The van der Waals surface area contributed by atoms with Crippen LogP contribution in [0.3, 0.4) is 0 Å². The molecule has 0 saturated carbocycles. The second-order valence-electron chi connectivity index (χ2n) is 6.19. The van der Waals surface area contributed by atoms with E-state index in [1.54, 1.807) is 13.8 Å². The maximum Gasteiger partial charge on any atom is 0.0669 e. The first kappa shape index (κ1) is 14.9. The Morgan fingerprint density at radius 1 is 1.13 bits per heavy atom. The molecule has 0 rings (SSSR count). The van der Waals surface area contributed by atoms with Crippen LogP contribution in [0.5, 0.6) is 0 Å². The van der Waals surface area contributed by atoms with Crippen molar-refractivity contribution in [1.29, 1.82) is 0 Å². The average molecular weight is 217 g/mol. The smallest absolute Gasteiger partial charge is 0.0669 e. The van der Waals surface area contributed by atoms with Crippen molar-refractivity contribution < 1.29 is 10.2 Å². The molecule has 0 amide bonds. The molecule has 1 unspecified atom stereocenters. The highest BCUT2D eigenvalue weighted by Gasteiger charge is 2.16. The minimum absolute atomic E-state index is 0.164. The minimum atomic E-state index is -0.623. The van der Waals surface area contributed by atoms with E-state index in [9.17, 15) is 10.2 Å². The fraction of sp³-hybridized carbons (Fsp3) is 1.00. The van der Waals surface area contributed by atoms with Crippen molar-refractivity contribution in [3.05, 3.63) is 0 Å². The van der Waals surface area contributed by atoms with E-state index in [2.05, 4.69) is 26.1 Å². The van der Waals surface area contributed by atoms with Gasteiger partial charge in [0.15, 0.2) is 0 Å². The third kappa shape index (κ3) is 11.8. The molecule has 0 aliphatic heterocycles. The molecule has 0 bridgehead atoms. The van der Waals surface area contributed by atoms with Crippen molar-refractivity contribution in [3.63, 3.8) is 0 Å². The van der Waals surface area contributed by atoms with Gasteiger partial charge in [-0.05, 0) is 38.6 Å². The average Bonchev–Trinajstić information content (AvgIpc) is 1.92. The van der Waals surface area contributed by atoms with Gasteiger partial charge in [0.1, 0.15) is 0 Å². The molecular weight excluding hydrogens is 190 g/mol. The molecule has 92 valence electrons. The van der Waals surface area contributed by atoms with Gasteiger partial charge in [-0.2, -0.15) is 0 Å². The van der Waals surface area contributed by atoms with Crippen molar-refractivity contribution >= 4 is 0 Å². The standard InChI is InChI=1S/C12H27NO2/c1-11(2,3)8-10(14)9-13-7-6-12(4,5)15/h10,13-15H,6-9H2,1-5H3. The number of aliphatic hydroxyl groups excluding tert-OH is 1. The van der Waals surface area contributed by atoms with Crippen LogP contribution < -0.4 is 5.32 Å². The lowest BCUT2D eigenvalue weighted by atomic mass is 9.89. The summed E-state index contributed by atoms with van der Waals surface area (Å²) in [4.78, 5) is 0. The van der Waals surface area contributed by atoms with Gasteiger partial charge in [-0.15, -0.1) is 0 Å². The van der Waals surface area contributed by atoms with Gasteiger partial charge in [-0.3, -0.25) is 0 Å². The zero-order chi connectivity index (χ0) is 12.1. The van der Waals surface area contributed by atoms with Crippen LogP contribution in [0.4, 0.5) is 0 Å². The van der Waals surface area contributed by atoms with Crippen molar-refractivity contribution in [2.75, 3.05) is 13.1 Å². The number of aliphatic hydroxyl groups is 2. The third-order valence-corrected chi connectivity index (χ3v) is 2.14. The van der Waals surface area contributed by atoms with Crippen LogP contribution in [0, 0.1) is 5.41 Å². The van der Waals surface area contributed by atoms with Gasteiger partial charge >= 0.3 is 0 Å². The van der Waals surface area contributed by atoms with E-state index in [1.807, 2.05) is 0 Å². The summed E-state index contributed by atoms with van der Waals surface area (Å²) in [5.74, 6) is 0. The van der Waals surface area contributed by atoms with Gasteiger partial charge in [-0.25, -0.2) is 0 Å². The second-order valence-corrected chi connectivity index (χ2v) is 6.19. The van der Waals surface area contributed by atoms with E-state index in [0.717, 1.165) is 13.0 Å². The van der Waals surface area contributed by atoms with E-state index in [4.69, 9.17) is 0 Å². The lowest BCUT2D eigenvalue weighted by Crippen LogP contribution is -2.33. The number of rotatable bonds is 6. The molecule has 15 heavy (non-hydrogen) atoms. The van der Waals surface area contributed by atoms with Crippen LogP contribution >= 0.6 is 0 Å². The zero-order valence-electron chi connectivity index (χ0n) is 10.8. The Bertz CT molecular complexity index is 167. The normalized spacial score (nSPS) is 15.4. The highest BCUT2D eigenvalue weighted by atomic mass is 16.3. The molecule has 0 saturated heterocycles. The molecule has 0 fully saturated rings. The Kier molecular flexibility index (Phi) is 5.78. The highest BCUT2D eigenvalue weighted by molar-refractivity contribution is 4.71. The first-order chi connectivity index (χ1) is 6.60. The van der Waals surface area contributed by atoms with E-state index < -0.39 is 5.60 Å². The SMILES string of the molecule is CC(C)(C)CC(O)CNCCC(C)(C)O. The largest absolute Gasteiger partial charge is 0.392 e. The molecule has 0 aromatic rings. The van der Waals surface area contributed by atoms with Gasteiger partial charge < -0.3 is 15.5 Å². The lowest BCUT2D eigenvalue weighted by Gasteiger charge is -2.23. The molecule has 0 aromatic carbocycles. The maximum atomic E-state index is 9.69. The van der Waals surface area contributed by atoms with Gasteiger partial charge in [0, 0.05) is 6.54 Å². The van der Waals surface area contributed by atoms with Crippen LogP contribution in [0.1, 0.15) is 47.5 Å². The summed E-state index contributed by atoms with van der Waals surface area (Å²) in [7, 11) is 0. The Balaban J connectivity index is 3.52. The topological polar surface area (TPSA) is 52.5 Å². The monoisotopic (exact) mass is 217 g/mol. The molecule has 3 heteroatoms. The summed E-state index contributed by atoms with van der Waals surface area (Å²) in [5.41, 5.74) is -0.459. The Labute approximate surface area is 93.9 Å². The van der Waals surface area contributed by atoms with Crippen molar-refractivity contribution in [2.45, 2.75) is 59.2 Å². The van der Waals surface area contributed by atoms with Crippen molar-refractivity contribution in [1.82, 2.24) is 5.32 Å². The Morgan fingerprint density at radius 3 is 2.07 bits per heavy atom. The van der Waals surface area contributed by atoms with E-state index in [-0.39, 0.29) is 11.5 Å². The van der Waals surface area contributed by atoms with Gasteiger partial charge in [0.05, 0.1) is 11.7 Å². The molecule has 1 atom stereocenters. The second kappa shape index (κ2) is 5.83. The van der Waals surface area contributed by atoms with Gasteiger partial charge in [-0.1, -0.05) is 20.8 Å². The van der Waals surface area contributed by atoms with Crippen LogP contribution in [0.15, 0.2) is 0 Å². The van der Waals surface area contributed by atoms with Crippen LogP contribution in [0.25, 0.3) is 0 Å². The molecule has 0 aromatic heterocycles. The van der Waals surface area contributed by atoms with E-state index in [1.165, 1.54) is 0 Å². The molecule has 0 aliphatic rings. The Morgan fingerprint density at radius 2 is 1.67 bits per heavy atom. The summed E-state index contributed by atoms with van der Waals surface area (Å²) >= 11 is 0. The predicted molar refractivity (Wildman–Crippen MR) is 63.9 cm³/mol. The zero-order valence-corrected chi connectivity index (χ0v) is 10.8. The first-order valence-electron chi connectivity index (χ1n) is 5.71. The van der Waals surface area contributed by atoms with Crippen LogP contribution in [-0.2, 0) is 0 Å². The fourth-order valence-electron chi connectivity index (χ4n) is 1.44. The number of hydrogen-bond acceptors (Lipinski definition) is 3. The quantitative estimate of drug-likeness (QED) is 0.591. The molecular formula is C12H27NO2. The number of nitrogens with one attached hydrogen (secondary N) is 1. The summed E-state index contributed by atoms with van der Waals surface area (Å²) in [6, 6.07) is 0. The van der Waals surface area contributed by atoms with Gasteiger partial charge in [0.25, 0.3) is 0 Å². The summed E-state index contributed by atoms with van der Waals surface area (Å²) in [5, 5.41) is 22.3. The van der Waals surface area contributed by atoms with E-state index >= 15 is 0 Å². The van der Waals surface area contributed by atoms with E-state index in [0.29, 0.717) is 13.0 Å². The molecule has 3 nitrogen and oxygen atoms in total. The molecule has 3 N–H and O–H groups in total. The fourth-order valence-corrected chi connectivity index (χ4v) is 1.44. The van der Waals surface area contributed by atoms with Crippen LogP contribution in [0.2, 0.25) is 0 Å². The Hall–Kier alpha value is -0.120. The predicted octanol–water partition coefficient (Wildman–Crippen LogP) is 1.53. The van der Waals surface area contributed by atoms with Gasteiger partial charge in [0.2, 0.25) is 0 Å². The molecule has 0 spiro atoms. The van der Waals surface area contributed by atoms with Crippen molar-refractivity contribution in [2.24, 2.45) is 5.41 Å². The number of hydrogen-bond donors (Lipinski definition) is 3. The lowest BCUT2D eigenvalue weighted by molar-refractivity contribution is 0.0679. The highest BCUT2D eigenvalue weighted by Crippen LogP contribution is 2.20. The summed E-state index contributed by atoms with van der Waals surface area (Å²) in [6.45, 7) is 11.3. The maximum absolute atomic E-state index is 9.69. The third-order valence-electron chi connectivity index (χ3n) is 2.14. The first-order valence-corrected chi connectivity index (χ1v) is 5.71. The minimum Gasteiger partial charge on any atom is -0.392 e. The van der Waals surface area contributed by atoms with Crippen LogP contribution in [-0.4, -0.2) is 35.0 Å². The molecule has 0 heterocycles. The van der Waals surface area contributed by atoms with Crippen molar-refractivity contribution in [3.8, 4) is 0 Å². The summed E-state index contributed by atoms with van der Waals surface area (Å²) < 4.78 is 0. The molecule has 0 radical (unpaired) electrons. The summed E-state index contributed by atoms with van der Waals surface area (Å²) in [6.07, 6.45) is 1.20.